The predicted octanol–water partition coefficient (Wildman–Crippen LogP) is 9.50. The van der Waals surface area contributed by atoms with Crippen LogP contribution in [0.4, 0.5) is 15.8 Å². The van der Waals surface area contributed by atoms with Crippen molar-refractivity contribution in [2.75, 3.05) is 26.2 Å². The summed E-state index contributed by atoms with van der Waals surface area (Å²) in [6, 6.07) is 22.1. The van der Waals surface area contributed by atoms with Crippen LogP contribution in [0, 0.1) is 52.2 Å². The molecule has 3 aromatic carbocycles. The van der Waals surface area contributed by atoms with Gasteiger partial charge >= 0.3 is 5.97 Å². The first kappa shape index (κ1) is 59.6. The summed E-state index contributed by atoms with van der Waals surface area (Å²) in [6.45, 7) is 7.91. The van der Waals surface area contributed by atoms with Crippen LogP contribution in [0.3, 0.4) is 0 Å². The van der Waals surface area contributed by atoms with Gasteiger partial charge in [0.15, 0.2) is 0 Å². The van der Waals surface area contributed by atoms with E-state index in [1.807, 2.05) is 18.2 Å². The fourth-order valence-corrected chi connectivity index (χ4v) is 15.4. The number of amides is 4. The van der Waals surface area contributed by atoms with Crippen LogP contribution in [0.25, 0.3) is 10.9 Å². The number of esters is 1. The summed E-state index contributed by atoms with van der Waals surface area (Å²) in [5, 5.41) is 52.5. The Morgan fingerprint density at radius 2 is 1.60 bits per heavy atom. The van der Waals surface area contributed by atoms with Gasteiger partial charge in [0.25, 0.3) is 11.8 Å². The molecule has 10 rings (SSSR count). The predicted molar refractivity (Wildman–Crippen MR) is 311 cm³/mol. The molecule has 83 heavy (non-hydrogen) atoms. The topological polar surface area (TPSA) is 248 Å². The van der Waals surface area contributed by atoms with E-state index in [2.05, 4.69) is 56.9 Å². The number of aromatic amines is 1. The molecule has 4 saturated carbocycles. The Kier molecular flexibility index (Phi) is 18.5. The van der Waals surface area contributed by atoms with Crippen LogP contribution in [-0.2, 0) is 32.0 Å². The summed E-state index contributed by atoms with van der Waals surface area (Å²) in [6.07, 6.45) is 8.16. The Labute approximate surface area is 489 Å². The molecule has 0 bridgehead atoms. The van der Waals surface area contributed by atoms with Gasteiger partial charge in [-0.05, 0) is 170 Å². The summed E-state index contributed by atoms with van der Waals surface area (Å²) in [5.41, 5.74) is 3.52. The molecule has 1 aliphatic heterocycles. The minimum Gasteiger partial charge on any atom is -0.462 e. The number of benzene rings is 3. The number of rotatable bonds is 19. The molecule has 0 radical (unpaired) electrons. The first-order valence-corrected chi connectivity index (χ1v) is 30.1. The van der Waals surface area contributed by atoms with Crippen LogP contribution in [0.5, 0.6) is 0 Å². The van der Waals surface area contributed by atoms with E-state index in [-0.39, 0.29) is 113 Å². The molecule has 4 aliphatic carbocycles. The average Bonchev–Trinajstić information content (AvgIpc) is 2.43. The maximum absolute atomic E-state index is 14.0. The Morgan fingerprint density at radius 1 is 0.855 bits per heavy atom. The van der Waals surface area contributed by atoms with Crippen LogP contribution in [0.2, 0.25) is 5.15 Å². The van der Waals surface area contributed by atoms with E-state index in [0.29, 0.717) is 85.0 Å². The van der Waals surface area contributed by atoms with Gasteiger partial charge in [-0.25, -0.2) is 9.37 Å². The number of hydrogen-bond donors (Lipinski definition) is 7. The highest BCUT2D eigenvalue weighted by Gasteiger charge is 2.65. The van der Waals surface area contributed by atoms with Crippen molar-refractivity contribution in [3.05, 3.63) is 124 Å². The molecule has 19 heteroatoms. The van der Waals surface area contributed by atoms with E-state index in [1.54, 1.807) is 59.5 Å². The maximum atomic E-state index is 14.0. The maximum Gasteiger partial charge on any atom is 0.306 e. The summed E-state index contributed by atoms with van der Waals surface area (Å²) >= 11 is 6.04. The van der Waals surface area contributed by atoms with Crippen molar-refractivity contribution in [1.82, 2.24) is 30.8 Å². The zero-order valence-corrected chi connectivity index (χ0v) is 48.3. The monoisotopic (exact) mass is 1160 g/mol. The van der Waals surface area contributed by atoms with Crippen molar-refractivity contribution < 1.29 is 48.4 Å². The third-order valence-corrected chi connectivity index (χ3v) is 20.0. The lowest BCUT2D eigenvalue weighted by atomic mass is 9.43. The number of carbonyl (C=O) groups is 5. The number of H-pyrrole nitrogens is 1. The van der Waals surface area contributed by atoms with Crippen molar-refractivity contribution in [3.8, 4) is 0 Å². The highest BCUT2D eigenvalue weighted by Crippen LogP contribution is 2.68. The number of aromatic nitrogens is 2. The number of azo groups is 1. The van der Waals surface area contributed by atoms with Crippen LogP contribution in [0.1, 0.15) is 130 Å². The number of pyridine rings is 1. The number of halogens is 2. The molecule has 3 heterocycles. The van der Waals surface area contributed by atoms with Crippen LogP contribution in [0.15, 0.2) is 101 Å². The second kappa shape index (κ2) is 25.7. The van der Waals surface area contributed by atoms with Crippen LogP contribution in [-0.4, -0.2) is 116 Å². The lowest BCUT2D eigenvalue weighted by Crippen LogP contribution is -2.62. The van der Waals surface area contributed by atoms with Gasteiger partial charge in [-0.1, -0.05) is 62.7 Å². The SMILES string of the molecule is C[C@@H](CCC(=O)NCCNC(=O)c1ccc(N=Nc2ccccc2CCC(=O)OC2CCN(C(=O)C(Cc3ccc(F)cc3)NC(=O)c3cc4cc(Cl)ncc4[nH]3)CC2)cc1)C1CCC2C3C(C[C@@H](O)[C@]21C)[C@]1(C)CC[C@H](O)CC1C[C@@H]3O. The Balaban J connectivity index is 0.633. The lowest BCUT2D eigenvalue weighted by molar-refractivity contribution is -0.207. The molecular weight excluding hydrogens is 1080 g/mol. The number of hydrogen-bond acceptors (Lipinski definition) is 12. The fraction of sp³-hybridized carbons (Fsp3) is 0.531. The minimum absolute atomic E-state index is 0.0229. The average molecular weight is 1160 g/mol. The number of fused-ring (bicyclic) bond motifs is 6. The highest BCUT2D eigenvalue weighted by molar-refractivity contribution is 6.30. The largest absolute Gasteiger partial charge is 0.462 e. The van der Waals surface area contributed by atoms with Gasteiger partial charge in [0, 0.05) is 69.2 Å². The van der Waals surface area contributed by atoms with E-state index >= 15 is 0 Å². The Hall–Kier alpha value is -6.60. The number of nitrogens with zero attached hydrogens (tertiary/aromatic N) is 4. The van der Waals surface area contributed by atoms with Crippen molar-refractivity contribution >= 4 is 63.5 Å². The highest BCUT2D eigenvalue weighted by atomic mass is 35.5. The van der Waals surface area contributed by atoms with E-state index in [1.165, 1.54) is 18.3 Å². The molecule has 5 aliphatic rings. The first-order chi connectivity index (χ1) is 39.9. The molecule has 4 amide bonds. The minimum atomic E-state index is -0.958. The summed E-state index contributed by atoms with van der Waals surface area (Å²) in [4.78, 5) is 75.5. The zero-order chi connectivity index (χ0) is 58.6. The second-order valence-electron chi connectivity index (χ2n) is 24.7. The third kappa shape index (κ3) is 13.4. The van der Waals surface area contributed by atoms with E-state index in [9.17, 15) is 43.7 Å². The molecule has 5 fully saturated rings. The number of aryl methyl sites for hydroxylation is 1. The number of aliphatic hydroxyl groups is 3. The molecule has 5 aromatic rings. The van der Waals surface area contributed by atoms with Crippen LogP contribution < -0.4 is 16.0 Å². The van der Waals surface area contributed by atoms with E-state index < -0.39 is 36.1 Å². The molecule has 12 atom stereocenters. The Morgan fingerprint density at radius 3 is 2.37 bits per heavy atom. The molecular formula is C64H78ClFN8O9. The second-order valence-corrected chi connectivity index (χ2v) is 25.1. The van der Waals surface area contributed by atoms with Crippen molar-refractivity contribution in [1.29, 1.82) is 0 Å². The van der Waals surface area contributed by atoms with Gasteiger partial charge in [-0.15, -0.1) is 0 Å². The quantitative estimate of drug-likeness (QED) is 0.0179. The fourth-order valence-electron chi connectivity index (χ4n) is 15.2. The van der Waals surface area contributed by atoms with Crippen molar-refractivity contribution in [3.63, 3.8) is 0 Å². The van der Waals surface area contributed by atoms with Crippen LogP contribution >= 0.6 is 11.6 Å². The molecule has 1 saturated heterocycles. The lowest BCUT2D eigenvalue weighted by Gasteiger charge is -2.63. The number of carbonyl (C=O) groups excluding carboxylic acids is 5. The Bertz CT molecular complexity index is 3170. The molecule has 0 spiro atoms. The number of piperidine rings is 1. The van der Waals surface area contributed by atoms with E-state index in [4.69, 9.17) is 16.3 Å². The van der Waals surface area contributed by atoms with Gasteiger partial charge < -0.3 is 45.9 Å². The third-order valence-electron chi connectivity index (χ3n) is 19.8. The standard InChI is InChI=1S/C64H78ClFN8O9/c1-37(47-18-19-48-59-49(35-55(77)64(47,48)3)63(2)25-22-45(75)33-42(63)34-54(59)76)8-20-57(78)67-26-27-68-60(80)40-11-16-44(17-12-40)72-73-50-7-5-4-6-39(50)13-21-58(79)83-46-23-28-74(29-24-46)62(82)52(30-38-9-14-43(66)15-10-38)71-61(81)51-31-41-32-56(65)69-36-53(41)70-51/h4-7,9-12,14-17,31-32,36-37,42,45-49,52,54-55,59,70,75-77H,8,13,18-30,33-35H2,1-3H3,(H,67,78)(H,68,80)(H,71,81)/t37-,42?,45-,47?,48?,49?,52?,54-,55+,59?,63+,64-/m0/s1. The van der Waals surface area contributed by atoms with Gasteiger partial charge in [0.1, 0.15) is 28.8 Å². The first-order valence-electron chi connectivity index (χ1n) is 29.7. The van der Waals surface area contributed by atoms with Gasteiger partial charge in [-0.3, -0.25) is 24.0 Å². The molecule has 2 aromatic heterocycles. The smallest absolute Gasteiger partial charge is 0.306 e. The van der Waals surface area contributed by atoms with Gasteiger partial charge in [-0.2, -0.15) is 10.2 Å². The molecule has 7 N–H and O–H groups in total. The molecule has 6 unspecified atom stereocenters. The van der Waals surface area contributed by atoms with E-state index in [0.717, 1.165) is 44.1 Å². The zero-order valence-electron chi connectivity index (χ0n) is 47.6. The number of aliphatic hydroxyl groups excluding tert-OH is 3. The van der Waals surface area contributed by atoms with Crippen molar-refractivity contribution in [2.45, 2.75) is 141 Å². The normalized spacial score (nSPS) is 27.7. The number of ether oxygens (including phenoxy) is 1. The summed E-state index contributed by atoms with van der Waals surface area (Å²) < 4.78 is 19.6. The summed E-state index contributed by atoms with van der Waals surface area (Å²) in [5.74, 6) is -0.638. The van der Waals surface area contributed by atoms with Gasteiger partial charge in [0.2, 0.25) is 11.8 Å². The molecule has 17 nitrogen and oxygen atoms in total. The van der Waals surface area contributed by atoms with Crippen molar-refractivity contribution in [2.24, 2.45) is 56.6 Å². The number of nitrogens with one attached hydrogen (secondary N) is 4. The van der Waals surface area contributed by atoms with Gasteiger partial charge in [0.05, 0.1) is 41.4 Å². The summed E-state index contributed by atoms with van der Waals surface area (Å²) in [7, 11) is 0. The number of likely N-dealkylation sites (tertiary alicyclic amines) is 1. The molecule has 442 valence electrons.